The van der Waals surface area contributed by atoms with Gasteiger partial charge in [0.15, 0.2) is 35.6 Å². The lowest BCUT2D eigenvalue weighted by molar-refractivity contribution is -0.358. The number of hydrogen-bond acceptors (Lipinski definition) is 16. The number of carbonyl (C=O) groups is 1. The molecule has 2 heterocycles. The number of hydrogen-bond donors (Lipinski definition) is 9. The number of aromatic hydroxyl groups is 4. The van der Waals surface area contributed by atoms with Gasteiger partial charge < -0.3 is 74.4 Å². The fourth-order valence-electron chi connectivity index (χ4n) is 4.86. The highest BCUT2D eigenvalue weighted by Gasteiger charge is 2.50. The van der Waals surface area contributed by atoms with E-state index in [1.165, 1.54) is 56.5 Å². The van der Waals surface area contributed by atoms with Gasteiger partial charge in [0.25, 0.3) is 0 Å². The van der Waals surface area contributed by atoms with Crippen LogP contribution in [0.1, 0.15) is 24.2 Å². The zero-order valence-corrected chi connectivity index (χ0v) is 24.8. The number of aliphatic hydroxyl groups excluding tert-OH is 5. The SMILES string of the molecule is COC(COC1OC(COC(=O)C=Cc2ccc(O)c(O)c2)C(O)C(OC2OC(C)C(O)C(O)C2O)C1O)c1ccc(O)c(O)c1. The van der Waals surface area contributed by atoms with Gasteiger partial charge in [-0.3, -0.25) is 0 Å². The van der Waals surface area contributed by atoms with Gasteiger partial charge in [0.1, 0.15) is 55.4 Å². The summed E-state index contributed by atoms with van der Waals surface area (Å²) in [6.45, 7) is 0.549. The first kappa shape index (κ1) is 35.3. The van der Waals surface area contributed by atoms with Crippen LogP contribution in [0.3, 0.4) is 0 Å². The summed E-state index contributed by atoms with van der Waals surface area (Å²) in [7, 11) is 1.35. The largest absolute Gasteiger partial charge is 0.504 e. The molecule has 0 aliphatic carbocycles. The number of benzene rings is 2. The van der Waals surface area contributed by atoms with E-state index in [2.05, 4.69) is 0 Å². The van der Waals surface area contributed by atoms with Crippen LogP contribution in [0, 0.1) is 0 Å². The van der Waals surface area contributed by atoms with Gasteiger partial charge in [-0.2, -0.15) is 0 Å². The summed E-state index contributed by atoms with van der Waals surface area (Å²) in [4.78, 5) is 12.4. The molecule has 0 saturated carbocycles. The maximum Gasteiger partial charge on any atom is 0.330 e. The van der Waals surface area contributed by atoms with Crippen LogP contribution in [0.5, 0.6) is 23.0 Å². The highest BCUT2D eigenvalue weighted by atomic mass is 16.7. The molecule has 16 heteroatoms. The lowest BCUT2D eigenvalue weighted by Gasteiger charge is -2.46. The predicted octanol–water partition coefficient (Wildman–Crippen LogP) is -0.871. The first-order chi connectivity index (χ1) is 21.8. The van der Waals surface area contributed by atoms with Crippen molar-refractivity contribution in [2.45, 2.75) is 74.4 Å². The molecule has 0 spiro atoms. The van der Waals surface area contributed by atoms with Gasteiger partial charge in [-0.1, -0.05) is 12.1 Å². The van der Waals surface area contributed by atoms with Crippen LogP contribution in [-0.2, 0) is 33.2 Å². The topological polar surface area (TPSA) is 255 Å². The third-order valence-corrected chi connectivity index (χ3v) is 7.61. The Morgan fingerprint density at radius 2 is 1.50 bits per heavy atom. The van der Waals surface area contributed by atoms with Crippen molar-refractivity contribution >= 4 is 12.0 Å². The first-order valence-electron chi connectivity index (χ1n) is 14.2. The molecule has 9 N–H and O–H groups in total. The summed E-state index contributed by atoms with van der Waals surface area (Å²) < 4.78 is 33.3. The quantitative estimate of drug-likeness (QED) is 0.0811. The fraction of sp³-hybridized carbons (Fsp3) is 0.500. The zero-order chi connectivity index (χ0) is 33.7. The molecule has 2 aromatic carbocycles. The Hall–Kier alpha value is -3.55. The van der Waals surface area contributed by atoms with Gasteiger partial charge in [0.05, 0.1) is 12.7 Å². The van der Waals surface area contributed by atoms with Crippen LogP contribution < -0.4 is 0 Å². The smallest absolute Gasteiger partial charge is 0.330 e. The Labute approximate surface area is 262 Å². The minimum atomic E-state index is -1.77. The Morgan fingerprint density at radius 1 is 0.826 bits per heavy atom. The van der Waals surface area contributed by atoms with E-state index in [1.807, 2.05) is 0 Å². The molecule has 0 amide bonds. The van der Waals surface area contributed by atoms with E-state index in [1.54, 1.807) is 0 Å². The summed E-state index contributed by atoms with van der Waals surface area (Å²) >= 11 is 0. The van der Waals surface area contributed by atoms with Crippen LogP contribution in [0.2, 0.25) is 0 Å². The van der Waals surface area contributed by atoms with Gasteiger partial charge in [0, 0.05) is 13.2 Å². The van der Waals surface area contributed by atoms with Crippen LogP contribution in [0.25, 0.3) is 6.08 Å². The molecule has 11 unspecified atom stereocenters. The molecular formula is C30H38O16. The molecule has 46 heavy (non-hydrogen) atoms. The fourth-order valence-corrected chi connectivity index (χ4v) is 4.86. The van der Waals surface area contributed by atoms with Gasteiger partial charge in [-0.15, -0.1) is 0 Å². The third kappa shape index (κ3) is 8.23. The van der Waals surface area contributed by atoms with Crippen LogP contribution in [0.4, 0.5) is 0 Å². The molecule has 16 nitrogen and oxygen atoms in total. The number of phenols is 4. The third-order valence-electron chi connectivity index (χ3n) is 7.61. The van der Waals surface area contributed by atoms with Crippen molar-refractivity contribution in [3.8, 4) is 23.0 Å². The Balaban J connectivity index is 1.49. The summed E-state index contributed by atoms with van der Waals surface area (Å²) in [6.07, 6.45) is -14.0. The molecule has 11 atom stereocenters. The Bertz CT molecular complexity index is 1350. The van der Waals surface area contributed by atoms with Gasteiger partial charge >= 0.3 is 5.97 Å². The summed E-state index contributed by atoms with van der Waals surface area (Å²) in [6, 6.07) is 7.84. The van der Waals surface area contributed by atoms with Crippen molar-refractivity contribution in [3.05, 3.63) is 53.6 Å². The van der Waals surface area contributed by atoms with Crippen LogP contribution in [0.15, 0.2) is 42.5 Å². The molecule has 2 saturated heterocycles. The number of phenolic OH excluding ortho intramolecular Hbond substituents is 4. The summed E-state index contributed by atoms with van der Waals surface area (Å²) in [5.74, 6) is -2.38. The van der Waals surface area contributed by atoms with Crippen LogP contribution >= 0.6 is 0 Å². The van der Waals surface area contributed by atoms with Crippen molar-refractivity contribution in [2.75, 3.05) is 20.3 Å². The number of rotatable bonds is 11. The van der Waals surface area contributed by atoms with E-state index in [-0.39, 0.29) is 18.1 Å². The standard InChI is InChI=1S/C30H38O16/c1-13-23(36)25(38)26(39)30(44-13)46-28-24(37)21(12-42-22(35)8-4-14-3-6-16(31)18(33)9-14)45-29(27(28)40)43-11-20(41-2)15-5-7-17(32)19(34)10-15/h3-10,13,20-21,23-34,36-40H,11-12H2,1-2H3. The van der Waals surface area contributed by atoms with Crippen LogP contribution in [-0.4, -0.2) is 134 Å². The molecule has 0 bridgehead atoms. The summed E-state index contributed by atoms with van der Waals surface area (Å²) in [5, 5.41) is 91.5. The Kier molecular flexibility index (Phi) is 11.8. The maximum atomic E-state index is 12.4. The average Bonchev–Trinajstić information content (AvgIpc) is 3.03. The number of ether oxygens (including phenoxy) is 6. The second kappa shape index (κ2) is 15.4. The number of aliphatic hydroxyl groups is 5. The minimum Gasteiger partial charge on any atom is -0.504 e. The highest BCUT2D eigenvalue weighted by molar-refractivity contribution is 5.87. The number of esters is 1. The minimum absolute atomic E-state index is 0.287. The van der Waals surface area contributed by atoms with E-state index in [0.29, 0.717) is 11.1 Å². The molecule has 2 aromatic rings. The van der Waals surface area contributed by atoms with Gasteiger partial charge in [-0.25, -0.2) is 4.79 Å². The molecule has 2 aliphatic rings. The van der Waals surface area contributed by atoms with Crippen molar-refractivity contribution in [1.82, 2.24) is 0 Å². The van der Waals surface area contributed by atoms with E-state index >= 15 is 0 Å². The van der Waals surface area contributed by atoms with E-state index in [9.17, 15) is 50.8 Å². The second-order valence-corrected chi connectivity index (χ2v) is 10.8. The van der Waals surface area contributed by atoms with Crippen molar-refractivity contribution < 1.29 is 79.2 Å². The maximum absolute atomic E-state index is 12.4. The van der Waals surface area contributed by atoms with Crippen molar-refractivity contribution in [2.24, 2.45) is 0 Å². The molecule has 254 valence electrons. The lowest BCUT2D eigenvalue weighted by Crippen LogP contribution is -2.64. The lowest BCUT2D eigenvalue weighted by atomic mass is 9.97. The molecule has 4 rings (SSSR count). The molecule has 0 radical (unpaired) electrons. The normalized spacial score (nSPS) is 32.3. The highest BCUT2D eigenvalue weighted by Crippen LogP contribution is 2.32. The first-order valence-corrected chi connectivity index (χ1v) is 14.2. The van der Waals surface area contributed by atoms with E-state index < -0.39 is 91.6 Å². The Morgan fingerprint density at radius 3 is 2.15 bits per heavy atom. The summed E-state index contributed by atoms with van der Waals surface area (Å²) in [5.41, 5.74) is 0.767. The monoisotopic (exact) mass is 654 g/mol. The molecule has 0 aromatic heterocycles. The van der Waals surface area contributed by atoms with Crippen molar-refractivity contribution in [1.29, 1.82) is 0 Å². The number of carbonyl (C=O) groups excluding carboxylic acids is 1. The predicted molar refractivity (Wildman–Crippen MR) is 153 cm³/mol. The average molecular weight is 655 g/mol. The molecule has 2 fully saturated rings. The number of methoxy groups -OCH3 is 1. The van der Waals surface area contributed by atoms with Gasteiger partial charge in [0.2, 0.25) is 0 Å². The van der Waals surface area contributed by atoms with Crippen molar-refractivity contribution in [3.63, 3.8) is 0 Å². The second-order valence-electron chi connectivity index (χ2n) is 10.8. The zero-order valence-electron chi connectivity index (χ0n) is 24.8. The van der Waals surface area contributed by atoms with E-state index in [0.717, 1.165) is 6.08 Å². The van der Waals surface area contributed by atoms with Gasteiger partial charge in [-0.05, 0) is 48.4 Å². The molecule has 2 aliphatic heterocycles. The molecular weight excluding hydrogens is 616 g/mol. The van der Waals surface area contributed by atoms with E-state index in [4.69, 9.17) is 28.4 Å².